The molecule has 1 atom stereocenters. The van der Waals surface area contributed by atoms with Gasteiger partial charge in [-0.25, -0.2) is 14.4 Å². The van der Waals surface area contributed by atoms with Gasteiger partial charge in [0.25, 0.3) is 0 Å². The van der Waals surface area contributed by atoms with Gasteiger partial charge in [-0.1, -0.05) is 55.4 Å². The number of aliphatic carboxylic acids is 1. The number of alkyl carbamates (subject to hydrolysis) is 2. The first kappa shape index (κ1) is 66.6. The Balaban J connectivity index is 4.02. The van der Waals surface area contributed by atoms with Crippen LogP contribution in [-0.2, 0) is 61.8 Å². The Morgan fingerprint density at radius 3 is 1.06 bits per heavy atom. The summed E-state index contributed by atoms with van der Waals surface area (Å²) >= 11 is 0. The highest BCUT2D eigenvalue weighted by Gasteiger charge is 2.28. The maximum atomic E-state index is 12.8. The van der Waals surface area contributed by atoms with E-state index in [1.807, 2.05) is 96.9 Å². The van der Waals surface area contributed by atoms with Crippen molar-refractivity contribution in [2.45, 2.75) is 146 Å². The summed E-state index contributed by atoms with van der Waals surface area (Å²) in [7, 11) is 0. The monoisotopic (exact) mass is 1010 g/mol. The number of hydrogen-bond donors (Lipinski definition) is 5. The third-order valence-electron chi connectivity index (χ3n) is 9.58. The standard InChI is InChI=1S/C50H96N4O16/c1-45(2,3)69-43(59)52-33-49(11,12)37-67-29-25-63-21-19-61-23-27-65-35-47(7,8)31-40(55)51-18-16-15-17-39(42(57)58)54-41(56)32-48(9,10)36-66-28-24-62-20-22-64-26-30-68-38-50(13,14)34-53-44(60)70-46(4,5)6/h39H,15-38H2,1-14H3,(H,51,55)(H,52,59)(H,53,60)(H,54,56)(H,57,58)/t39-/m1/s1. The predicted molar refractivity (Wildman–Crippen MR) is 266 cm³/mol. The Hall–Kier alpha value is -3.37. The smallest absolute Gasteiger partial charge is 0.407 e. The zero-order chi connectivity index (χ0) is 53.3. The van der Waals surface area contributed by atoms with Crippen molar-refractivity contribution in [2.75, 3.05) is 125 Å². The highest BCUT2D eigenvalue weighted by Crippen LogP contribution is 2.22. The average molecular weight is 1010 g/mol. The van der Waals surface area contributed by atoms with Gasteiger partial charge in [-0.15, -0.1) is 0 Å². The molecule has 20 heteroatoms. The van der Waals surface area contributed by atoms with Crippen molar-refractivity contribution in [1.29, 1.82) is 0 Å². The number of carbonyl (C=O) groups is 5. The van der Waals surface area contributed by atoms with E-state index in [1.54, 1.807) is 0 Å². The van der Waals surface area contributed by atoms with Crippen molar-refractivity contribution in [1.82, 2.24) is 21.3 Å². The lowest BCUT2D eigenvalue weighted by Gasteiger charge is -2.26. The van der Waals surface area contributed by atoms with Crippen molar-refractivity contribution >= 4 is 30.0 Å². The van der Waals surface area contributed by atoms with Crippen LogP contribution >= 0.6 is 0 Å². The van der Waals surface area contributed by atoms with E-state index in [2.05, 4.69) is 21.3 Å². The van der Waals surface area contributed by atoms with Gasteiger partial charge in [-0.05, 0) is 71.6 Å². The van der Waals surface area contributed by atoms with Gasteiger partial charge in [-0.2, -0.15) is 0 Å². The topological polar surface area (TPSA) is 246 Å². The molecule has 0 aliphatic heterocycles. The van der Waals surface area contributed by atoms with Crippen molar-refractivity contribution in [2.24, 2.45) is 21.7 Å². The summed E-state index contributed by atoms with van der Waals surface area (Å²) in [4.78, 5) is 61.1. The number of rotatable bonds is 41. The highest BCUT2D eigenvalue weighted by molar-refractivity contribution is 5.83. The molecule has 0 bridgehead atoms. The molecule has 0 aromatic rings. The highest BCUT2D eigenvalue weighted by atomic mass is 16.6. The molecule has 0 unspecified atom stereocenters. The third kappa shape index (κ3) is 42.3. The van der Waals surface area contributed by atoms with Gasteiger partial charge in [0.15, 0.2) is 0 Å². The van der Waals surface area contributed by atoms with Crippen LogP contribution in [0.15, 0.2) is 0 Å². The van der Waals surface area contributed by atoms with Crippen LogP contribution in [0.2, 0.25) is 0 Å². The molecule has 5 N–H and O–H groups in total. The van der Waals surface area contributed by atoms with E-state index in [-0.39, 0.29) is 48.5 Å². The van der Waals surface area contributed by atoms with Gasteiger partial charge in [0.2, 0.25) is 11.8 Å². The lowest BCUT2D eigenvalue weighted by Crippen LogP contribution is -2.42. The van der Waals surface area contributed by atoms with Crippen LogP contribution in [0, 0.1) is 21.7 Å². The number of hydrogen-bond acceptors (Lipinski definition) is 15. The minimum absolute atomic E-state index is 0.0831. The molecule has 0 spiro atoms. The van der Waals surface area contributed by atoms with Crippen LogP contribution in [0.5, 0.6) is 0 Å². The van der Waals surface area contributed by atoms with Crippen LogP contribution in [0.3, 0.4) is 0 Å². The van der Waals surface area contributed by atoms with Crippen molar-refractivity contribution in [3.8, 4) is 0 Å². The molecular weight excluding hydrogens is 913 g/mol. The van der Waals surface area contributed by atoms with Crippen LogP contribution in [0.4, 0.5) is 9.59 Å². The van der Waals surface area contributed by atoms with E-state index in [0.717, 1.165) is 0 Å². The fourth-order valence-electron chi connectivity index (χ4n) is 6.10. The number of ether oxygens (including phenoxy) is 10. The molecule has 0 aliphatic carbocycles. The van der Waals surface area contributed by atoms with Crippen LogP contribution in [0.1, 0.15) is 129 Å². The molecule has 0 saturated carbocycles. The molecule has 0 aliphatic rings. The van der Waals surface area contributed by atoms with E-state index >= 15 is 0 Å². The second-order valence-electron chi connectivity index (χ2n) is 22.7. The minimum atomic E-state index is -1.11. The molecule has 0 heterocycles. The number of carbonyl (C=O) groups excluding carboxylic acids is 4. The Labute approximate surface area is 420 Å². The Bertz CT molecular complexity index is 1460. The molecule has 0 aromatic heterocycles. The zero-order valence-corrected chi connectivity index (χ0v) is 45.6. The molecule has 20 nitrogen and oxygen atoms in total. The van der Waals surface area contributed by atoms with Crippen LogP contribution in [0.25, 0.3) is 0 Å². The van der Waals surface area contributed by atoms with E-state index in [4.69, 9.17) is 47.4 Å². The van der Waals surface area contributed by atoms with Gasteiger partial charge >= 0.3 is 18.2 Å². The SMILES string of the molecule is CC(C)(CNC(=O)OC(C)(C)C)COCCOCCOCCOCC(C)(C)CC(=O)NCCCC[C@@H](NC(=O)CC(C)(C)COCCOCCOCCOCC(C)(C)CNC(=O)OC(C)(C)C)C(=O)O. The Kier molecular flexibility index (Phi) is 33.2. The van der Waals surface area contributed by atoms with Gasteiger partial charge in [0, 0.05) is 43.3 Å². The van der Waals surface area contributed by atoms with Gasteiger partial charge in [-0.3, -0.25) is 9.59 Å². The quantitative estimate of drug-likeness (QED) is 0.0447. The first-order chi connectivity index (χ1) is 32.4. The fourth-order valence-corrected chi connectivity index (χ4v) is 6.10. The summed E-state index contributed by atoms with van der Waals surface area (Å²) in [6.07, 6.45) is 0.718. The molecule has 0 fully saturated rings. The zero-order valence-electron chi connectivity index (χ0n) is 45.6. The normalized spacial score (nSPS) is 13.1. The van der Waals surface area contributed by atoms with E-state index in [9.17, 15) is 29.1 Å². The number of carboxylic acids is 1. The molecule has 4 amide bonds. The molecule has 70 heavy (non-hydrogen) atoms. The maximum absolute atomic E-state index is 12.8. The summed E-state index contributed by atoms with van der Waals surface area (Å²) in [5.41, 5.74) is -2.58. The number of carboxylic acid groups (broad SMARTS) is 1. The van der Waals surface area contributed by atoms with Crippen LogP contribution < -0.4 is 21.3 Å². The van der Waals surface area contributed by atoms with E-state index in [0.29, 0.717) is 132 Å². The number of unbranched alkanes of at least 4 members (excludes halogenated alkanes) is 1. The van der Waals surface area contributed by atoms with Crippen LogP contribution in [-0.4, -0.2) is 178 Å². The molecule has 0 aromatic carbocycles. The average Bonchev–Trinajstić information content (AvgIpc) is 3.20. The summed E-state index contributed by atoms with van der Waals surface area (Å²) in [6, 6.07) is -1.04. The minimum Gasteiger partial charge on any atom is -0.480 e. The lowest BCUT2D eigenvalue weighted by atomic mass is 9.90. The fraction of sp³-hybridized carbons (Fsp3) is 0.900. The number of nitrogens with one attached hydrogen (secondary N) is 4. The molecule has 0 rings (SSSR count). The summed E-state index contributed by atoms with van der Waals surface area (Å²) < 4.78 is 55.7. The van der Waals surface area contributed by atoms with E-state index in [1.165, 1.54) is 0 Å². The molecule has 0 saturated heterocycles. The second-order valence-corrected chi connectivity index (χ2v) is 22.7. The number of amides is 4. The second kappa shape index (κ2) is 34.9. The van der Waals surface area contributed by atoms with Gasteiger partial charge in [0.1, 0.15) is 17.2 Å². The predicted octanol–water partition coefficient (Wildman–Crippen LogP) is 5.91. The maximum Gasteiger partial charge on any atom is 0.407 e. The summed E-state index contributed by atoms with van der Waals surface area (Å²) in [5, 5.41) is 20.8. The molecule has 412 valence electrons. The van der Waals surface area contributed by atoms with E-state index < -0.39 is 46.2 Å². The first-order valence-electron chi connectivity index (χ1n) is 24.8. The Morgan fingerprint density at radius 1 is 0.414 bits per heavy atom. The molecule has 0 radical (unpaired) electrons. The first-order valence-corrected chi connectivity index (χ1v) is 24.8. The Morgan fingerprint density at radius 2 is 0.729 bits per heavy atom. The third-order valence-corrected chi connectivity index (χ3v) is 9.58. The van der Waals surface area contributed by atoms with Gasteiger partial charge in [0.05, 0.1) is 106 Å². The lowest BCUT2D eigenvalue weighted by molar-refractivity contribution is -0.142. The summed E-state index contributed by atoms with van der Waals surface area (Å²) in [6.45, 7) is 34.0. The largest absolute Gasteiger partial charge is 0.480 e. The van der Waals surface area contributed by atoms with Crippen molar-refractivity contribution < 1.29 is 76.4 Å². The van der Waals surface area contributed by atoms with Gasteiger partial charge < -0.3 is 73.7 Å². The summed E-state index contributed by atoms with van der Waals surface area (Å²) in [5.74, 6) is -1.61. The van der Waals surface area contributed by atoms with Crippen molar-refractivity contribution in [3.05, 3.63) is 0 Å². The van der Waals surface area contributed by atoms with Crippen molar-refractivity contribution in [3.63, 3.8) is 0 Å². The molecular formula is C50H96N4O16.